The van der Waals surface area contributed by atoms with Crippen LogP contribution in [0.5, 0.6) is 0 Å². The van der Waals surface area contributed by atoms with Crippen LogP contribution in [0, 0.1) is 23.7 Å². The van der Waals surface area contributed by atoms with Crippen LogP contribution in [0.4, 0.5) is 0 Å². The van der Waals surface area contributed by atoms with Gasteiger partial charge in [0.1, 0.15) is 19.3 Å². The fourth-order valence-corrected chi connectivity index (χ4v) is 5.24. The Morgan fingerprint density at radius 1 is 0.775 bits per heavy atom. The molecule has 40 heavy (non-hydrogen) atoms. The van der Waals surface area contributed by atoms with Crippen LogP contribution >= 0.6 is 0 Å². The molecule has 216 valence electrons. The van der Waals surface area contributed by atoms with E-state index < -0.39 is 35.7 Å². The second-order valence-corrected chi connectivity index (χ2v) is 10.9. The van der Waals surface area contributed by atoms with Crippen LogP contribution in [0.3, 0.4) is 0 Å². The lowest BCUT2D eigenvalue weighted by atomic mass is 9.81. The molecular formula is C32H42N2O6. The molecule has 2 atom stereocenters. The van der Waals surface area contributed by atoms with Gasteiger partial charge in [-0.15, -0.1) is 0 Å². The molecular weight excluding hydrogens is 508 g/mol. The predicted octanol–water partition coefficient (Wildman–Crippen LogP) is 4.56. The van der Waals surface area contributed by atoms with Crippen LogP contribution < -0.4 is 10.6 Å². The minimum atomic E-state index is -1.48. The van der Waals surface area contributed by atoms with Crippen molar-refractivity contribution in [2.24, 2.45) is 23.7 Å². The SMILES string of the molecule is CNC(=O)[C@@H](NC(=O)[C@H](CC(C)C)C(C(=O)OCc1ccccc1)C(=O)OCc1ccccc1)C1CCCCC1. The molecule has 0 spiro atoms. The summed E-state index contributed by atoms with van der Waals surface area (Å²) in [5.41, 5.74) is 1.52. The van der Waals surface area contributed by atoms with E-state index in [1.807, 2.05) is 74.5 Å². The van der Waals surface area contributed by atoms with E-state index in [-0.39, 0.29) is 37.4 Å². The van der Waals surface area contributed by atoms with Gasteiger partial charge >= 0.3 is 11.9 Å². The van der Waals surface area contributed by atoms with Gasteiger partial charge in [0.25, 0.3) is 0 Å². The lowest BCUT2D eigenvalue weighted by Gasteiger charge is -2.32. The number of hydrogen-bond acceptors (Lipinski definition) is 6. The molecule has 3 rings (SSSR count). The number of rotatable bonds is 13. The van der Waals surface area contributed by atoms with Gasteiger partial charge in [-0.3, -0.25) is 19.2 Å². The van der Waals surface area contributed by atoms with Crippen LogP contribution in [0.15, 0.2) is 60.7 Å². The monoisotopic (exact) mass is 550 g/mol. The molecule has 0 saturated heterocycles. The molecule has 8 heteroatoms. The fraction of sp³-hybridized carbons (Fsp3) is 0.500. The number of ether oxygens (including phenoxy) is 2. The number of amides is 2. The highest BCUT2D eigenvalue weighted by Crippen LogP contribution is 2.29. The molecule has 1 fully saturated rings. The summed E-state index contributed by atoms with van der Waals surface area (Å²) in [6.07, 6.45) is 4.98. The van der Waals surface area contributed by atoms with Crippen LogP contribution in [0.25, 0.3) is 0 Å². The highest BCUT2D eigenvalue weighted by molar-refractivity contribution is 6.00. The largest absolute Gasteiger partial charge is 0.460 e. The van der Waals surface area contributed by atoms with Crippen LogP contribution in [0.1, 0.15) is 63.5 Å². The lowest BCUT2D eigenvalue weighted by Crippen LogP contribution is -2.54. The van der Waals surface area contributed by atoms with Crippen LogP contribution in [-0.4, -0.2) is 36.8 Å². The van der Waals surface area contributed by atoms with Crippen molar-refractivity contribution < 1.29 is 28.7 Å². The average Bonchev–Trinajstić information content (AvgIpc) is 2.98. The normalized spacial score (nSPS) is 15.2. The zero-order valence-electron chi connectivity index (χ0n) is 23.8. The lowest BCUT2D eigenvalue weighted by molar-refractivity contribution is -0.169. The minimum absolute atomic E-state index is 0.00846. The number of nitrogens with one attached hydrogen (secondary N) is 2. The summed E-state index contributed by atoms with van der Waals surface area (Å²) in [6.45, 7) is 3.75. The third-order valence-electron chi connectivity index (χ3n) is 7.37. The molecule has 0 bridgehead atoms. The zero-order chi connectivity index (χ0) is 28.9. The number of hydrogen-bond donors (Lipinski definition) is 2. The van der Waals surface area contributed by atoms with Crippen molar-refractivity contribution in [2.75, 3.05) is 7.05 Å². The highest BCUT2D eigenvalue weighted by atomic mass is 16.6. The molecule has 2 amide bonds. The molecule has 2 aromatic rings. The topological polar surface area (TPSA) is 111 Å². The van der Waals surface area contributed by atoms with Crippen molar-refractivity contribution in [3.8, 4) is 0 Å². The van der Waals surface area contributed by atoms with E-state index in [4.69, 9.17) is 9.47 Å². The van der Waals surface area contributed by atoms with E-state index in [0.29, 0.717) is 0 Å². The van der Waals surface area contributed by atoms with E-state index >= 15 is 0 Å². The first kappa shape index (κ1) is 30.9. The Kier molecular flexibility index (Phi) is 12.2. The maximum Gasteiger partial charge on any atom is 0.321 e. The molecule has 1 aliphatic carbocycles. The molecule has 0 unspecified atom stereocenters. The Labute approximate surface area is 237 Å². The second kappa shape index (κ2) is 15.8. The number of benzene rings is 2. The molecule has 0 radical (unpaired) electrons. The summed E-state index contributed by atoms with van der Waals surface area (Å²) in [5, 5.41) is 5.58. The van der Waals surface area contributed by atoms with Gasteiger partial charge in [0.05, 0.1) is 5.92 Å². The summed E-state index contributed by atoms with van der Waals surface area (Å²) in [7, 11) is 1.54. The summed E-state index contributed by atoms with van der Waals surface area (Å²) in [6, 6.07) is 17.5. The average molecular weight is 551 g/mol. The number of carbonyl (C=O) groups is 4. The Hall–Kier alpha value is -3.68. The molecule has 0 aromatic heterocycles. The van der Waals surface area contributed by atoms with Crippen molar-refractivity contribution in [3.63, 3.8) is 0 Å². The van der Waals surface area contributed by atoms with E-state index in [1.54, 1.807) is 7.05 Å². The molecule has 1 saturated carbocycles. The maximum absolute atomic E-state index is 13.8. The van der Waals surface area contributed by atoms with Gasteiger partial charge in [-0.1, -0.05) is 93.8 Å². The number of esters is 2. The van der Waals surface area contributed by atoms with Gasteiger partial charge in [0.2, 0.25) is 11.8 Å². The Bertz CT molecular complexity index is 1040. The summed E-state index contributed by atoms with van der Waals surface area (Å²) in [4.78, 5) is 53.7. The molecule has 8 nitrogen and oxygen atoms in total. The van der Waals surface area contributed by atoms with E-state index in [2.05, 4.69) is 10.6 Å². The van der Waals surface area contributed by atoms with Crippen molar-refractivity contribution in [1.29, 1.82) is 0 Å². The van der Waals surface area contributed by atoms with Crippen molar-refractivity contribution in [1.82, 2.24) is 10.6 Å². The smallest absolute Gasteiger partial charge is 0.321 e. The van der Waals surface area contributed by atoms with Gasteiger partial charge in [-0.25, -0.2) is 0 Å². The van der Waals surface area contributed by atoms with E-state index in [9.17, 15) is 19.2 Å². The Morgan fingerprint density at radius 3 is 1.73 bits per heavy atom. The fourth-order valence-electron chi connectivity index (χ4n) is 5.24. The summed E-state index contributed by atoms with van der Waals surface area (Å²) < 4.78 is 11.1. The number of carbonyl (C=O) groups excluding carboxylic acids is 4. The summed E-state index contributed by atoms with van der Waals surface area (Å²) in [5.74, 6) is -5.02. The van der Waals surface area contributed by atoms with Gasteiger partial charge in [-0.2, -0.15) is 0 Å². The summed E-state index contributed by atoms with van der Waals surface area (Å²) >= 11 is 0. The first-order valence-corrected chi connectivity index (χ1v) is 14.2. The third kappa shape index (κ3) is 9.21. The van der Waals surface area contributed by atoms with Crippen molar-refractivity contribution in [3.05, 3.63) is 71.8 Å². The van der Waals surface area contributed by atoms with Crippen LogP contribution in [0.2, 0.25) is 0 Å². The minimum Gasteiger partial charge on any atom is -0.460 e. The quantitative estimate of drug-likeness (QED) is 0.279. The zero-order valence-corrected chi connectivity index (χ0v) is 23.8. The standard InChI is InChI=1S/C32H42N2O6/c1-22(2)19-26(29(35)34-28(30(36)33-3)25-17-11-6-12-18-25)27(31(37)39-20-23-13-7-4-8-14-23)32(38)40-21-24-15-9-5-10-16-24/h4-5,7-10,13-16,22,25-28H,6,11-12,17-21H2,1-3H3,(H,33,36)(H,34,35)/t26-,28+/m1/s1. The predicted molar refractivity (Wildman–Crippen MR) is 151 cm³/mol. The van der Waals surface area contributed by atoms with E-state index in [1.165, 1.54) is 0 Å². The number of likely N-dealkylation sites (N-methyl/N-ethyl adjacent to an activating group) is 1. The van der Waals surface area contributed by atoms with Crippen molar-refractivity contribution >= 4 is 23.8 Å². The molecule has 1 aliphatic rings. The third-order valence-corrected chi connectivity index (χ3v) is 7.37. The molecule has 2 aromatic carbocycles. The second-order valence-electron chi connectivity index (χ2n) is 10.9. The first-order valence-electron chi connectivity index (χ1n) is 14.2. The van der Waals surface area contributed by atoms with Gasteiger partial charge < -0.3 is 20.1 Å². The van der Waals surface area contributed by atoms with E-state index in [0.717, 1.165) is 43.2 Å². The van der Waals surface area contributed by atoms with Gasteiger partial charge in [0, 0.05) is 7.05 Å². The highest BCUT2D eigenvalue weighted by Gasteiger charge is 2.43. The molecule has 0 heterocycles. The molecule has 0 aliphatic heterocycles. The maximum atomic E-state index is 13.8. The van der Waals surface area contributed by atoms with Gasteiger partial charge in [0.15, 0.2) is 5.92 Å². The van der Waals surface area contributed by atoms with Crippen molar-refractivity contribution in [2.45, 2.75) is 71.6 Å². The van der Waals surface area contributed by atoms with Crippen LogP contribution in [-0.2, 0) is 41.9 Å². The van der Waals surface area contributed by atoms with Gasteiger partial charge in [-0.05, 0) is 42.2 Å². The Balaban J connectivity index is 1.86. The first-order chi connectivity index (χ1) is 19.3. The Morgan fingerprint density at radius 2 is 1.27 bits per heavy atom. The molecule has 2 N–H and O–H groups in total.